The van der Waals surface area contributed by atoms with Gasteiger partial charge in [-0.05, 0) is 59.8 Å². The van der Waals surface area contributed by atoms with Crippen LogP contribution >= 0.6 is 0 Å². The van der Waals surface area contributed by atoms with Crippen LogP contribution in [0.5, 0.6) is 0 Å². The van der Waals surface area contributed by atoms with Gasteiger partial charge in [-0.15, -0.1) is 0 Å². The third-order valence-electron chi connectivity index (χ3n) is 6.12. The van der Waals surface area contributed by atoms with E-state index in [-0.39, 0.29) is 0 Å². The Morgan fingerprint density at radius 3 is 2.03 bits per heavy atom. The fraction of sp³-hybridized carbons (Fsp3) is 0.172. The van der Waals surface area contributed by atoms with Gasteiger partial charge in [-0.1, -0.05) is 73.2 Å². The van der Waals surface area contributed by atoms with Crippen LogP contribution in [-0.4, -0.2) is 18.0 Å². The Hall–Kier alpha value is -3.30. The summed E-state index contributed by atoms with van der Waals surface area (Å²) in [5, 5.41) is 4.95. The molecule has 2 aromatic heterocycles. The van der Waals surface area contributed by atoms with Gasteiger partial charge in [-0.3, -0.25) is 9.97 Å². The van der Waals surface area contributed by atoms with E-state index in [0.717, 1.165) is 22.2 Å². The molecule has 0 fully saturated rings. The van der Waals surface area contributed by atoms with E-state index < -0.39 is 8.07 Å². The molecule has 0 N–H and O–H groups in total. The molecule has 0 aliphatic carbocycles. The zero-order valence-corrected chi connectivity index (χ0v) is 20.4. The molecule has 0 aliphatic rings. The summed E-state index contributed by atoms with van der Waals surface area (Å²) in [4.78, 5) is 9.82. The number of pyridine rings is 2. The lowest BCUT2D eigenvalue weighted by atomic mass is 9.97. The largest absolute Gasteiger partial charge is 0.256 e. The fourth-order valence-corrected chi connectivity index (χ4v) is 6.16. The van der Waals surface area contributed by atoms with E-state index in [0.29, 0.717) is 0 Å². The second kappa shape index (κ2) is 7.68. The highest BCUT2D eigenvalue weighted by atomic mass is 28.3. The smallest absolute Gasteiger partial charge is 0.0804 e. The highest BCUT2D eigenvalue weighted by molar-refractivity contribution is 6.90. The predicted octanol–water partition coefficient (Wildman–Crippen LogP) is 7.28. The second-order valence-electron chi connectivity index (χ2n) is 9.79. The van der Waals surface area contributed by atoms with Crippen molar-refractivity contribution < 1.29 is 0 Å². The molecule has 0 saturated carbocycles. The molecule has 0 amide bonds. The van der Waals surface area contributed by atoms with Crippen LogP contribution in [0.3, 0.4) is 0 Å². The van der Waals surface area contributed by atoms with E-state index in [1.54, 1.807) is 0 Å². The molecule has 5 rings (SSSR count). The molecule has 3 aromatic carbocycles. The Bertz CT molecular complexity index is 1440. The van der Waals surface area contributed by atoms with Crippen LogP contribution in [0.4, 0.5) is 0 Å². The summed E-state index contributed by atoms with van der Waals surface area (Å²) in [7, 11) is -1.62. The minimum absolute atomic E-state index is 1.00. The summed E-state index contributed by atoms with van der Waals surface area (Å²) < 4.78 is 0. The van der Waals surface area contributed by atoms with E-state index in [9.17, 15) is 0 Å². The average Bonchev–Trinajstić information content (AvgIpc) is 2.77. The summed E-state index contributed by atoms with van der Waals surface area (Å²) in [5.41, 5.74) is 8.29. The van der Waals surface area contributed by atoms with Crippen molar-refractivity contribution in [1.82, 2.24) is 9.97 Å². The minimum Gasteiger partial charge on any atom is -0.256 e. The van der Waals surface area contributed by atoms with Gasteiger partial charge in [0.2, 0.25) is 0 Å². The fourth-order valence-electron chi connectivity index (χ4n) is 4.66. The number of nitrogens with zero attached hydrogens (tertiary/aromatic N) is 2. The molecule has 158 valence electrons. The zero-order chi connectivity index (χ0) is 22.5. The molecule has 0 spiro atoms. The maximum Gasteiger partial charge on any atom is 0.0804 e. The van der Waals surface area contributed by atoms with Gasteiger partial charge in [0.05, 0.1) is 19.3 Å². The van der Waals surface area contributed by atoms with Gasteiger partial charge in [0, 0.05) is 28.7 Å². The van der Waals surface area contributed by atoms with Gasteiger partial charge < -0.3 is 0 Å². The monoisotopic (exact) mass is 432 g/mol. The maximum atomic E-state index is 5.04. The molecule has 0 saturated heterocycles. The van der Waals surface area contributed by atoms with Crippen molar-refractivity contribution in [2.75, 3.05) is 0 Å². The SMILES string of the molecule is Cc1cc(C)cc(-c2nccc3c2cnc2c([Si](C)(C)C)cc(-c4ccccc4)cc23)c1. The Labute approximate surface area is 191 Å². The molecule has 2 heterocycles. The molecule has 0 aliphatic heterocycles. The van der Waals surface area contributed by atoms with Gasteiger partial charge >= 0.3 is 0 Å². The normalized spacial score (nSPS) is 11.9. The van der Waals surface area contributed by atoms with Crippen LogP contribution in [0.15, 0.2) is 79.1 Å². The van der Waals surface area contributed by atoms with Gasteiger partial charge in [0.15, 0.2) is 0 Å². The number of aryl methyl sites for hydroxylation is 2. The van der Waals surface area contributed by atoms with E-state index >= 15 is 0 Å². The quantitative estimate of drug-likeness (QED) is 0.221. The Balaban J connectivity index is 1.87. The first-order valence-electron chi connectivity index (χ1n) is 11.2. The van der Waals surface area contributed by atoms with Gasteiger partial charge in [-0.2, -0.15) is 0 Å². The number of hydrogen-bond acceptors (Lipinski definition) is 2. The molecule has 5 aromatic rings. The Kier molecular flexibility index (Phi) is 4.94. The number of fused-ring (bicyclic) bond motifs is 3. The van der Waals surface area contributed by atoms with Crippen molar-refractivity contribution in [3.63, 3.8) is 0 Å². The Morgan fingerprint density at radius 2 is 1.34 bits per heavy atom. The number of benzene rings is 3. The van der Waals surface area contributed by atoms with Gasteiger partial charge in [-0.25, -0.2) is 0 Å². The molecule has 0 radical (unpaired) electrons. The molecule has 0 unspecified atom stereocenters. The lowest BCUT2D eigenvalue weighted by Crippen LogP contribution is -2.38. The molecular formula is C29H28N2Si. The lowest BCUT2D eigenvalue weighted by molar-refractivity contribution is 1.32. The van der Waals surface area contributed by atoms with Crippen LogP contribution in [0.2, 0.25) is 19.6 Å². The molecule has 32 heavy (non-hydrogen) atoms. The highest BCUT2D eigenvalue weighted by Crippen LogP contribution is 2.33. The van der Waals surface area contributed by atoms with Crippen LogP contribution in [-0.2, 0) is 0 Å². The van der Waals surface area contributed by atoms with E-state index in [1.807, 2.05) is 12.4 Å². The number of hydrogen-bond donors (Lipinski definition) is 0. The first kappa shape index (κ1) is 20.6. The summed E-state index contributed by atoms with van der Waals surface area (Å²) in [6.07, 6.45) is 3.97. The first-order chi connectivity index (χ1) is 15.3. The molecule has 0 atom stereocenters. The van der Waals surface area contributed by atoms with Crippen molar-refractivity contribution >= 4 is 34.9 Å². The average molecular weight is 433 g/mol. The summed E-state index contributed by atoms with van der Waals surface area (Å²) >= 11 is 0. The van der Waals surface area contributed by atoms with Gasteiger partial charge in [0.1, 0.15) is 0 Å². The summed E-state index contributed by atoms with van der Waals surface area (Å²) in [6.45, 7) is 11.5. The Morgan fingerprint density at radius 1 is 0.625 bits per heavy atom. The lowest BCUT2D eigenvalue weighted by Gasteiger charge is -2.21. The minimum atomic E-state index is -1.62. The molecular weight excluding hydrogens is 404 g/mol. The van der Waals surface area contributed by atoms with Crippen molar-refractivity contribution in [3.8, 4) is 22.4 Å². The van der Waals surface area contributed by atoms with Crippen LogP contribution in [0.25, 0.3) is 44.1 Å². The summed E-state index contributed by atoms with van der Waals surface area (Å²) in [6, 6.07) is 24.1. The third kappa shape index (κ3) is 3.63. The van der Waals surface area contributed by atoms with Crippen molar-refractivity contribution in [2.24, 2.45) is 0 Å². The predicted molar refractivity (Wildman–Crippen MR) is 140 cm³/mol. The van der Waals surface area contributed by atoms with Crippen LogP contribution < -0.4 is 5.19 Å². The van der Waals surface area contributed by atoms with E-state index in [4.69, 9.17) is 9.97 Å². The topological polar surface area (TPSA) is 25.8 Å². The third-order valence-corrected chi connectivity index (χ3v) is 8.12. The van der Waals surface area contributed by atoms with Crippen LogP contribution in [0.1, 0.15) is 11.1 Å². The second-order valence-corrected chi connectivity index (χ2v) is 14.8. The standard InChI is InChI=1S/C29H28N2Si/c1-19-13-20(2)15-23(14-19)28-26-18-31-29-25(24(26)11-12-30-28)16-22(17-27(29)32(3,4)5)21-9-7-6-8-10-21/h6-18H,1-5H3. The molecule has 3 heteroatoms. The van der Waals surface area contributed by atoms with Crippen molar-refractivity contribution in [1.29, 1.82) is 0 Å². The van der Waals surface area contributed by atoms with Gasteiger partial charge in [0.25, 0.3) is 0 Å². The number of aromatic nitrogens is 2. The first-order valence-corrected chi connectivity index (χ1v) is 14.7. The number of rotatable bonds is 3. The maximum absolute atomic E-state index is 5.04. The molecule has 0 bridgehead atoms. The van der Waals surface area contributed by atoms with Crippen molar-refractivity contribution in [3.05, 3.63) is 90.3 Å². The zero-order valence-electron chi connectivity index (χ0n) is 19.4. The van der Waals surface area contributed by atoms with Crippen molar-refractivity contribution in [2.45, 2.75) is 33.5 Å². The van der Waals surface area contributed by atoms with E-state index in [2.05, 4.69) is 100 Å². The van der Waals surface area contributed by atoms with Crippen LogP contribution in [0, 0.1) is 13.8 Å². The van der Waals surface area contributed by atoms with E-state index in [1.165, 1.54) is 38.2 Å². The summed E-state index contributed by atoms with van der Waals surface area (Å²) in [5.74, 6) is 0. The molecule has 2 nitrogen and oxygen atoms in total. The highest BCUT2D eigenvalue weighted by Gasteiger charge is 2.22.